The second-order valence-corrected chi connectivity index (χ2v) is 7.43. The molecule has 4 rings (SSSR count). The van der Waals surface area contributed by atoms with Gasteiger partial charge in [-0.1, -0.05) is 29.7 Å². The van der Waals surface area contributed by atoms with Crippen molar-refractivity contribution in [2.75, 3.05) is 18.4 Å². The molecule has 1 fully saturated rings. The van der Waals surface area contributed by atoms with Crippen molar-refractivity contribution in [3.8, 4) is 11.4 Å². The van der Waals surface area contributed by atoms with E-state index in [9.17, 15) is 4.79 Å². The fraction of sp³-hybridized carbons (Fsp3) is 0.300. The molecule has 0 spiro atoms. The summed E-state index contributed by atoms with van der Waals surface area (Å²) in [7, 11) is 0. The molecule has 0 radical (unpaired) electrons. The zero-order chi connectivity index (χ0) is 19.7. The Labute approximate surface area is 167 Å². The zero-order valence-electron chi connectivity index (χ0n) is 15.6. The first-order chi connectivity index (χ1) is 13.5. The molecule has 28 heavy (non-hydrogen) atoms. The van der Waals surface area contributed by atoms with Crippen LogP contribution >= 0.6 is 11.6 Å². The van der Waals surface area contributed by atoms with Gasteiger partial charge in [0.25, 0.3) is 0 Å². The third-order valence-electron chi connectivity index (χ3n) is 5.11. The number of amides is 2. The van der Waals surface area contributed by atoms with Gasteiger partial charge < -0.3 is 14.7 Å². The van der Waals surface area contributed by atoms with Crippen LogP contribution in [0.15, 0.2) is 47.2 Å². The van der Waals surface area contributed by atoms with E-state index in [0.717, 1.165) is 11.1 Å². The molecule has 0 saturated carbocycles. The third-order valence-corrected chi connectivity index (χ3v) is 5.52. The summed E-state index contributed by atoms with van der Waals surface area (Å²) in [5, 5.41) is 7.65. The zero-order valence-corrected chi connectivity index (χ0v) is 16.3. The Morgan fingerprint density at radius 2 is 2.04 bits per heavy atom. The summed E-state index contributed by atoms with van der Waals surface area (Å²) >= 11 is 6.14. The predicted octanol–water partition coefficient (Wildman–Crippen LogP) is 4.36. The van der Waals surface area contributed by atoms with Crippen molar-refractivity contribution in [2.24, 2.45) is 5.92 Å². The Kier molecular flexibility index (Phi) is 5.00. The van der Waals surface area contributed by atoms with Crippen molar-refractivity contribution in [3.63, 3.8) is 0 Å². The molecule has 7 nitrogen and oxygen atoms in total. The Morgan fingerprint density at radius 3 is 2.82 bits per heavy atom. The third kappa shape index (κ3) is 3.57. The maximum atomic E-state index is 12.7. The fourth-order valence-electron chi connectivity index (χ4n) is 3.40. The smallest absolute Gasteiger partial charge is 0.321 e. The summed E-state index contributed by atoms with van der Waals surface area (Å²) in [5.74, 6) is 1.28. The van der Waals surface area contributed by atoms with Crippen LogP contribution in [0.25, 0.3) is 11.4 Å². The number of hydrogen-bond donors (Lipinski definition) is 1. The second kappa shape index (κ2) is 7.59. The minimum absolute atomic E-state index is 0.00528. The van der Waals surface area contributed by atoms with Gasteiger partial charge in [0.15, 0.2) is 0 Å². The number of halogens is 1. The summed E-state index contributed by atoms with van der Waals surface area (Å²) in [6.45, 7) is 5.10. The van der Waals surface area contributed by atoms with E-state index in [4.69, 9.17) is 16.1 Å². The van der Waals surface area contributed by atoms with Crippen LogP contribution < -0.4 is 5.32 Å². The van der Waals surface area contributed by atoms with Gasteiger partial charge in [-0.15, -0.1) is 0 Å². The van der Waals surface area contributed by atoms with Gasteiger partial charge in [-0.05, 0) is 42.7 Å². The number of pyridine rings is 1. The van der Waals surface area contributed by atoms with E-state index in [1.54, 1.807) is 23.4 Å². The predicted molar refractivity (Wildman–Crippen MR) is 106 cm³/mol. The lowest BCUT2D eigenvalue weighted by molar-refractivity contribution is 0.220. The first kappa shape index (κ1) is 18.4. The van der Waals surface area contributed by atoms with Crippen LogP contribution in [-0.2, 0) is 0 Å². The van der Waals surface area contributed by atoms with Crippen molar-refractivity contribution in [1.82, 2.24) is 20.0 Å². The second-order valence-electron chi connectivity index (χ2n) is 7.02. The number of carbonyl (C=O) groups is 1. The fourth-order valence-corrected chi connectivity index (χ4v) is 3.57. The maximum absolute atomic E-state index is 12.7. The maximum Gasteiger partial charge on any atom is 0.321 e. The van der Waals surface area contributed by atoms with E-state index in [1.165, 1.54) is 0 Å². The van der Waals surface area contributed by atoms with Crippen LogP contribution in [0.2, 0.25) is 5.02 Å². The highest BCUT2D eigenvalue weighted by Gasteiger charge is 2.37. The highest BCUT2D eigenvalue weighted by atomic mass is 35.5. The Morgan fingerprint density at radius 1 is 1.25 bits per heavy atom. The Balaban J connectivity index is 1.47. The lowest BCUT2D eigenvalue weighted by Gasteiger charge is -2.18. The average Bonchev–Trinajstić information content (AvgIpc) is 3.33. The van der Waals surface area contributed by atoms with E-state index in [-0.39, 0.29) is 17.9 Å². The summed E-state index contributed by atoms with van der Waals surface area (Å²) in [4.78, 5) is 23.0. The van der Waals surface area contributed by atoms with Gasteiger partial charge in [0.1, 0.15) is 0 Å². The minimum atomic E-state index is -0.159. The number of anilines is 1. The highest BCUT2D eigenvalue weighted by molar-refractivity contribution is 6.31. The molecule has 1 aliphatic rings. The van der Waals surface area contributed by atoms with Crippen LogP contribution in [0.4, 0.5) is 10.5 Å². The van der Waals surface area contributed by atoms with E-state index in [2.05, 4.69) is 27.4 Å². The monoisotopic (exact) mass is 397 g/mol. The van der Waals surface area contributed by atoms with Gasteiger partial charge in [-0.25, -0.2) is 4.79 Å². The van der Waals surface area contributed by atoms with Crippen LogP contribution in [0.5, 0.6) is 0 Å². The van der Waals surface area contributed by atoms with Gasteiger partial charge in [-0.3, -0.25) is 4.98 Å². The van der Waals surface area contributed by atoms with Crippen molar-refractivity contribution < 1.29 is 9.32 Å². The molecule has 144 valence electrons. The van der Waals surface area contributed by atoms with Crippen LogP contribution in [-0.4, -0.2) is 39.1 Å². The minimum Gasteiger partial charge on any atom is -0.339 e. The van der Waals surface area contributed by atoms with Gasteiger partial charge in [0.2, 0.25) is 11.7 Å². The Bertz CT molecular complexity index is 991. The molecule has 2 atom stereocenters. The lowest BCUT2D eigenvalue weighted by Crippen LogP contribution is -2.33. The number of likely N-dealkylation sites (tertiary alicyclic amines) is 1. The lowest BCUT2D eigenvalue weighted by atomic mass is 9.98. The molecule has 1 aliphatic heterocycles. The average molecular weight is 398 g/mol. The van der Waals surface area contributed by atoms with Crippen molar-refractivity contribution in [3.05, 3.63) is 59.2 Å². The van der Waals surface area contributed by atoms with Crippen molar-refractivity contribution in [1.29, 1.82) is 0 Å². The van der Waals surface area contributed by atoms with Crippen LogP contribution in [0, 0.1) is 12.8 Å². The SMILES string of the molecule is Cc1c(Cl)cccc1NC(=O)N1CC(C)C(c2nc(-c3ccncc3)no2)C1. The van der Waals surface area contributed by atoms with Gasteiger partial charge >= 0.3 is 6.03 Å². The van der Waals surface area contributed by atoms with Gasteiger partial charge in [0.05, 0.1) is 5.92 Å². The summed E-state index contributed by atoms with van der Waals surface area (Å²) in [5.41, 5.74) is 2.41. The number of nitrogens with one attached hydrogen (secondary N) is 1. The summed E-state index contributed by atoms with van der Waals surface area (Å²) < 4.78 is 5.50. The van der Waals surface area contributed by atoms with E-state index >= 15 is 0 Å². The molecule has 0 bridgehead atoms. The first-order valence-electron chi connectivity index (χ1n) is 9.08. The summed E-state index contributed by atoms with van der Waals surface area (Å²) in [6, 6.07) is 8.97. The largest absolute Gasteiger partial charge is 0.339 e. The van der Waals surface area contributed by atoms with Gasteiger partial charge in [0, 0.05) is 41.8 Å². The topological polar surface area (TPSA) is 84.2 Å². The summed E-state index contributed by atoms with van der Waals surface area (Å²) in [6.07, 6.45) is 3.38. The molecule has 2 amide bonds. The standard InChI is InChI=1S/C20H20ClN5O2/c1-12-10-26(20(27)23-17-5-3-4-16(21)13(17)2)11-15(12)19-24-18(25-28-19)14-6-8-22-9-7-14/h3-9,12,15H,10-11H2,1-2H3,(H,23,27). The number of hydrogen-bond acceptors (Lipinski definition) is 5. The number of aromatic nitrogens is 3. The quantitative estimate of drug-likeness (QED) is 0.709. The molecule has 1 N–H and O–H groups in total. The van der Waals surface area contributed by atoms with E-state index in [0.29, 0.717) is 35.5 Å². The van der Waals surface area contributed by atoms with Crippen LogP contribution in [0.3, 0.4) is 0 Å². The normalized spacial score (nSPS) is 19.0. The molecular weight excluding hydrogens is 378 g/mol. The molecule has 3 aromatic rings. The van der Waals surface area contributed by atoms with Gasteiger partial charge in [-0.2, -0.15) is 4.98 Å². The number of urea groups is 1. The number of rotatable bonds is 3. The number of benzene rings is 1. The molecule has 1 aromatic carbocycles. The molecule has 0 aliphatic carbocycles. The molecular formula is C20H20ClN5O2. The molecule has 2 unspecified atom stereocenters. The van der Waals surface area contributed by atoms with Crippen molar-refractivity contribution in [2.45, 2.75) is 19.8 Å². The first-order valence-corrected chi connectivity index (χ1v) is 9.45. The molecule has 3 heterocycles. The van der Waals surface area contributed by atoms with E-state index < -0.39 is 0 Å². The number of nitrogens with zero attached hydrogens (tertiary/aromatic N) is 4. The Hall–Kier alpha value is -2.93. The van der Waals surface area contributed by atoms with Crippen molar-refractivity contribution >= 4 is 23.3 Å². The van der Waals surface area contributed by atoms with E-state index in [1.807, 2.05) is 31.2 Å². The highest BCUT2D eigenvalue weighted by Crippen LogP contribution is 2.33. The van der Waals surface area contributed by atoms with Crippen LogP contribution in [0.1, 0.15) is 24.3 Å². The molecule has 8 heteroatoms. The number of carbonyl (C=O) groups excluding carboxylic acids is 1. The molecule has 1 saturated heterocycles. The molecule has 2 aromatic heterocycles.